The summed E-state index contributed by atoms with van der Waals surface area (Å²) in [6.07, 6.45) is 0. The molecule has 0 saturated heterocycles. The highest BCUT2D eigenvalue weighted by atomic mass is 16.5. The molecule has 0 atom stereocenters. The van der Waals surface area contributed by atoms with Crippen molar-refractivity contribution in [1.29, 1.82) is 0 Å². The van der Waals surface area contributed by atoms with Gasteiger partial charge in [-0.2, -0.15) is 0 Å². The van der Waals surface area contributed by atoms with Gasteiger partial charge in [-0.05, 0) is 31.3 Å². The number of carbonyl (C=O) groups excluding carboxylic acids is 2. The van der Waals surface area contributed by atoms with Gasteiger partial charge in [-0.1, -0.05) is 0 Å². The molecule has 2 aromatic rings. The number of hydrogen-bond donors (Lipinski definition) is 1. The number of methoxy groups -OCH3 is 1. The summed E-state index contributed by atoms with van der Waals surface area (Å²) in [7, 11) is 3.20. The summed E-state index contributed by atoms with van der Waals surface area (Å²) in [6, 6.07) is 7.44. The SMILES string of the molecule is COC(=O)CN(C)CCOc1ccc2[nH]c(C(C)=O)cc2c1. The minimum absolute atomic E-state index is 0.00287. The Morgan fingerprint density at radius 3 is 2.73 bits per heavy atom. The van der Waals surface area contributed by atoms with E-state index in [2.05, 4.69) is 9.72 Å². The van der Waals surface area contributed by atoms with E-state index in [1.54, 1.807) is 0 Å². The Hall–Kier alpha value is -2.34. The third-order valence-electron chi connectivity index (χ3n) is 3.34. The summed E-state index contributed by atoms with van der Waals surface area (Å²) >= 11 is 0. The van der Waals surface area contributed by atoms with E-state index < -0.39 is 0 Å². The zero-order valence-corrected chi connectivity index (χ0v) is 13.0. The zero-order valence-electron chi connectivity index (χ0n) is 13.0. The summed E-state index contributed by atoms with van der Waals surface area (Å²) in [4.78, 5) is 27.4. The van der Waals surface area contributed by atoms with Gasteiger partial charge in [0.05, 0.1) is 19.3 Å². The first kappa shape index (κ1) is 16.0. The molecule has 0 bridgehead atoms. The minimum Gasteiger partial charge on any atom is -0.492 e. The van der Waals surface area contributed by atoms with Crippen molar-refractivity contribution in [2.24, 2.45) is 0 Å². The van der Waals surface area contributed by atoms with Crippen molar-refractivity contribution in [2.45, 2.75) is 6.92 Å². The quantitative estimate of drug-likeness (QED) is 0.624. The Balaban J connectivity index is 1.92. The summed E-state index contributed by atoms with van der Waals surface area (Å²) in [5.41, 5.74) is 1.49. The number of nitrogens with zero attached hydrogens (tertiary/aromatic N) is 1. The van der Waals surface area contributed by atoms with Crippen LogP contribution in [0.3, 0.4) is 0 Å². The lowest BCUT2D eigenvalue weighted by atomic mass is 10.2. The molecule has 0 saturated carbocycles. The molecular formula is C16H20N2O4. The van der Waals surface area contributed by atoms with Crippen LogP contribution in [0.1, 0.15) is 17.4 Å². The fourth-order valence-corrected chi connectivity index (χ4v) is 2.07. The molecule has 0 spiro atoms. The van der Waals surface area contributed by atoms with Crippen LogP contribution in [0, 0.1) is 0 Å². The molecule has 0 unspecified atom stereocenters. The maximum atomic E-state index is 11.4. The Labute approximate surface area is 129 Å². The lowest BCUT2D eigenvalue weighted by Crippen LogP contribution is -2.30. The maximum absolute atomic E-state index is 11.4. The van der Waals surface area contributed by atoms with Crippen LogP contribution in [-0.2, 0) is 9.53 Å². The molecule has 0 aliphatic carbocycles. The van der Waals surface area contributed by atoms with E-state index in [9.17, 15) is 9.59 Å². The Kier molecular flexibility index (Phi) is 5.16. The third-order valence-corrected chi connectivity index (χ3v) is 3.34. The van der Waals surface area contributed by atoms with E-state index in [1.165, 1.54) is 14.0 Å². The van der Waals surface area contributed by atoms with Crippen LogP contribution in [0.5, 0.6) is 5.75 Å². The molecule has 1 N–H and O–H groups in total. The van der Waals surface area contributed by atoms with E-state index in [0.29, 0.717) is 18.8 Å². The Morgan fingerprint density at radius 2 is 2.05 bits per heavy atom. The molecule has 0 aliphatic rings. The molecule has 6 heteroatoms. The highest BCUT2D eigenvalue weighted by Crippen LogP contribution is 2.21. The number of esters is 1. The fourth-order valence-electron chi connectivity index (χ4n) is 2.07. The normalized spacial score (nSPS) is 10.9. The van der Waals surface area contributed by atoms with Crippen LogP contribution in [0.2, 0.25) is 0 Å². The van der Waals surface area contributed by atoms with Gasteiger partial charge < -0.3 is 14.5 Å². The lowest BCUT2D eigenvalue weighted by Gasteiger charge is -2.15. The molecule has 22 heavy (non-hydrogen) atoms. The second-order valence-corrected chi connectivity index (χ2v) is 5.15. The number of aromatic nitrogens is 1. The van der Waals surface area contributed by atoms with Crippen LogP contribution in [0.25, 0.3) is 10.9 Å². The standard InChI is InChI=1S/C16H20N2O4/c1-11(19)15-9-12-8-13(4-5-14(12)17-15)22-7-6-18(2)10-16(20)21-3/h4-5,8-9,17H,6-7,10H2,1-3H3. The highest BCUT2D eigenvalue weighted by Gasteiger charge is 2.08. The first-order valence-electron chi connectivity index (χ1n) is 7.01. The van der Waals surface area contributed by atoms with E-state index in [-0.39, 0.29) is 18.3 Å². The number of carbonyl (C=O) groups is 2. The average molecular weight is 304 g/mol. The topological polar surface area (TPSA) is 71.6 Å². The van der Waals surface area contributed by atoms with Gasteiger partial charge in [0.15, 0.2) is 5.78 Å². The van der Waals surface area contributed by atoms with Gasteiger partial charge in [0.1, 0.15) is 12.4 Å². The van der Waals surface area contributed by atoms with Crippen LogP contribution in [0.4, 0.5) is 0 Å². The predicted molar refractivity (Wildman–Crippen MR) is 83.3 cm³/mol. The fraction of sp³-hybridized carbons (Fsp3) is 0.375. The number of hydrogen-bond acceptors (Lipinski definition) is 5. The van der Waals surface area contributed by atoms with Gasteiger partial charge in [0.25, 0.3) is 0 Å². The van der Waals surface area contributed by atoms with Gasteiger partial charge in [-0.25, -0.2) is 0 Å². The van der Waals surface area contributed by atoms with Crippen molar-refractivity contribution in [3.05, 3.63) is 30.0 Å². The third kappa shape index (κ3) is 4.08. The van der Waals surface area contributed by atoms with Crippen molar-refractivity contribution < 1.29 is 19.1 Å². The number of rotatable bonds is 7. The summed E-state index contributed by atoms with van der Waals surface area (Å²) < 4.78 is 10.3. The molecule has 2 rings (SSSR count). The smallest absolute Gasteiger partial charge is 0.319 e. The molecule has 6 nitrogen and oxygen atoms in total. The molecule has 1 aromatic heterocycles. The van der Waals surface area contributed by atoms with Gasteiger partial charge in [0, 0.05) is 24.4 Å². The van der Waals surface area contributed by atoms with Crippen molar-refractivity contribution in [3.8, 4) is 5.75 Å². The molecule has 1 aromatic carbocycles. The van der Waals surface area contributed by atoms with Crippen molar-refractivity contribution >= 4 is 22.7 Å². The van der Waals surface area contributed by atoms with Gasteiger partial charge in [-0.15, -0.1) is 0 Å². The number of aromatic amines is 1. The molecular weight excluding hydrogens is 284 g/mol. The van der Waals surface area contributed by atoms with Gasteiger partial charge in [0.2, 0.25) is 0 Å². The minimum atomic E-state index is -0.270. The highest BCUT2D eigenvalue weighted by molar-refractivity contribution is 5.98. The first-order valence-corrected chi connectivity index (χ1v) is 7.01. The largest absolute Gasteiger partial charge is 0.492 e. The maximum Gasteiger partial charge on any atom is 0.319 e. The number of benzene rings is 1. The monoisotopic (exact) mass is 304 g/mol. The lowest BCUT2D eigenvalue weighted by molar-refractivity contribution is -0.141. The number of ether oxygens (including phenoxy) is 2. The van der Waals surface area contributed by atoms with E-state index in [4.69, 9.17) is 4.74 Å². The van der Waals surface area contributed by atoms with Crippen LogP contribution < -0.4 is 4.74 Å². The number of ketones is 1. The number of fused-ring (bicyclic) bond motifs is 1. The van der Waals surface area contributed by atoms with Crippen LogP contribution in [-0.4, -0.2) is 55.5 Å². The Morgan fingerprint density at radius 1 is 1.27 bits per heavy atom. The zero-order chi connectivity index (χ0) is 16.1. The molecule has 0 amide bonds. The van der Waals surface area contributed by atoms with Gasteiger partial charge >= 0.3 is 5.97 Å². The van der Waals surface area contributed by atoms with E-state index >= 15 is 0 Å². The number of H-pyrrole nitrogens is 1. The van der Waals surface area contributed by atoms with Crippen LogP contribution in [0.15, 0.2) is 24.3 Å². The molecule has 118 valence electrons. The molecule has 1 heterocycles. The number of Topliss-reactive ketones (excluding diaryl/α,β-unsaturated/α-hetero) is 1. The van der Waals surface area contributed by atoms with E-state index in [0.717, 1.165) is 16.7 Å². The van der Waals surface area contributed by atoms with Crippen molar-refractivity contribution in [1.82, 2.24) is 9.88 Å². The van der Waals surface area contributed by atoms with Crippen molar-refractivity contribution in [2.75, 3.05) is 33.9 Å². The first-order chi connectivity index (χ1) is 10.5. The number of likely N-dealkylation sites (N-methyl/N-ethyl adjacent to an activating group) is 1. The van der Waals surface area contributed by atoms with E-state index in [1.807, 2.05) is 36.2 Å². The molecule has 0 radical (unpaired) electrons. The van der Waals surface area contributed by atoms with Crippen molar-refractivity contribution in [3.63, 3.8) is 0 Å². The van der Waals surface area contributed by atoms with Gasteiger partial charge in [-0.3, -0.25) is 14.5 Å². The number of nitrogens with one attached hydrogen (secondary N) is 1. The molecule has 0 aliphatic heterocycles. The second kappa shape index (κ2) is 7.09. The second-order valence-electron chi connectivity index (χ2n) is 5.15. The average Bonchev–Trinajstić information content (AvgIpc) is 2.90. The summed E-state index contributed by atoms with van der Waals surface area (Å²) in [5.74, 6) is 0.462. The Bertz CT molecular complexity index is 678. The summed E-state index contributed by atoms with van der Waals surface area (Å²) in [6.45, 7) is 2.83. The molecule has 0 fully saturated rings. The van der Waals surface area contributed by atoms with Crippen LogP contribution >= 0.6 is 0 Å². The predicted octanol–water partition coefficient (Wildman–Crippen LogP) is 1.85. The summed E-state index contributed by atoms with van der Waals surface area (Å²) in [5, 5.41) is 0.936.